The Morgan fingerprint density at radius 3 is 2.20 bits per heavy atom. The maximum Gasteiger partial charge on any atom is 0.419 e. The van der Waals surface area contributed by atoms with Crippen LogP contribution in [0.3, 0.4) is 0 Å². The second-order valence-corrected chi connectivity index (χ2v) is 6.99. The van der Waals surface area contributed by atoms with Crippen LogP contribution in [-0.2, 0) is 16.2 Å². The molecule has 3 aromatic rings. The van der Waals surface area contributed by atoms with Gasteiger partial charge in [-0.15, -0.1) is 0 Å². The minimum Gasteiger partial charge on any atom is -0.280 e. The van der Waals surface area contributed by atoms with Crippen LogP contribution < -0.4 is 4.72 Å². The number of sulfonamides is 1. The van der Waals surface area contributed by atoms with Crippen LogP contribution in [0.25, 0.3) is 10.8 Å². The molecule has 0 fully saturated rings. The summed E-state index contributed by atoms with van der Waals surface area (Å²) < 4.78 is 78.4. The Labute approximate surface area is 141 Å². The van der Waals surface area contributed by atoms with Crippen LogP contribution in [0.1, 0.15) is 5.56 Å². The first kappa shape index (κ1) is 17.2. The van der Waals surface area contributed by atoms with Gasteiger partial charge in [0.25, 0.3) is 10.0 Å². The van der Waals surface area contributed by atoms with Crippen molar-refractivity contribution in [2.24, 2.45) is 0 Å². The largest absolute Gasteiger partial charge is 0.419 e. The van der Waals surface area contributed by atoms with Crippen molar-refractivity contribution in [3.05, 3.63) is 72.0 Å². The maximum absolute atomic E-state index is 13.3. The zero-order valence-corrected chi connectivity index (χ0v) is 13.3. The van der Waals surface area contributed by atoms with Crippen LogP contribution in [0.4, 0.5) is 23.2 Å². The Morgan fingerprint density at radius 2 is 1.52 bits per heavy atom. The Hall–Kier alpha value is -2.61. The van der Waals surface area contributed by atoms with E-state index in [0.717, 1.165) is 11.5 Å². The van der Waals surface area contributed by atoms with Crippen LogP contribution in [0.15, 0.2) is 65.6 Å². The van der Waals surface area contributed by atoms with Crippen LogP contribution in [0.2, 0.25) is 0 Å². The summed E-state index contributed by atoms with van der Waals surface area (Å²) in [4.78, 5) is -0.107. The van der Waals surface area contributed by atoms with Crippen LogP contribution in [0.5, 0.6) is 0 Å². The summed E-state index contributed by atoms with van der Waals surface area (Å²) in [6.07, 6.45) is -4.92. The third kappa shape index (κ3) is 3.58. The van der Waals surface area contributed by atoms with E-state index in [1.54, 1.807) is 30.3 Å². The summed E-state index contributed by atoms with van der Waals surface area (Å²) in [7, 11) is -4.12. The highest BCUT2D eigenvalue weighted by atomic mass is 32.2. The van der Waals surface area contributed by atoms with Gasteiger partial charge in [0.15, 0.2) is 0 Å². The molecular weight excluding hydrogens is 358 g/mol. The molecule has 3 nitrogen and oxygen atoms in total. The third-order valence-electron chi connectivity index (χ3n) is 3.56. The van der Waals surface area contributed by atoms with Crippen molar-refractivity contribution in [2.75, 3.05) is 4.72 Å². The smallest absolute Gasteiger partial charge is 0.280 e. The molecule has 0 spiro atoms. The molecule has 0 aliphatic carbocycles. The fraction of sp³-hybridized carbons (Fsp3) is 0.0588. The van der Waals surface area contributed by atoms with Gasteiger partial charge in [0.1, 0.15) is 5.82 Å². The lowest BCUT2D eigenvalue weighted by molar-refractivity contribution is -0.139. The van der Waals surface area contributed by atoms with Crippen molar-refractivity contribution in [3.8, 4) is 0 Å². The summed E-state index contributed by atoms with van der Waals surface area (Å²) in [6, 6.07) is 13.3. The molecule has 8 heteroatoms. The molecule has 25 heavy (non-hydrogen) atoms. The van der Waals surface area contributed by atoms with Crippen molar-refractivity contribution >= 4 is 26.5 Å². The third-order valence-corrected chi connectivity index (χ3v) is 4.93. The predicted octanol–water partition coefficient (Wildman–Crippen LogP) is 4.80. The molecule has 0 aliphatic rings. The van der Waals surface area contributed by atoms with Gasteiger partial charge in [-0.05, 0) is 41.1 Å². The Kier molecular flexibility index (Phi) is 4.16. The standard InChI is InChI=1S/C17H11F4NO2S/c18-16-8-6-13(10-15(16)17(19,20)21)22-25(23,24)14-7-5-11-3-1-2-4-12(11)9-14/h1-10,22H. The van der Waals surface area contributed by atoms with Gasteiger partial charge in [0, 0.05) is 5.69 Å². The molecule has 0 atom stereocenters. The molecule has 0 unspecified atom stereocenters. The van der Waals surface area contributed by atoms with E-state index in [2.05, 4.69) is 0 Å². The minimum atomic E-state index is -4.92. The van der Waals surface area contributed by atoms with E-state index in [9.17, 15) is 26.0 Å². The van der Waals surface area contributed by atoms with Gasteiger partial charge in [0.2, 0.25) is 0 Å². The van der Waals surface area contributed by atoms with Gasteiger partial charge in [-0.1, -0.05) is 30.3 Å². The second kappa shape index (κ2) is 6.03. The van der Waals surface area contributed by atoms with E-state index in [0.29, 0.717) is 17.5 Å². The number of halogens is 4. The van der Waals surface area contributed by atoms with E-state index in [4.69, 9.17) is 0 Å². The van der Waals surface area contributed by atoms with Crippen molar-refractivity contribution in [3.63, 3.8) is 0 Å². The molecule has 1 N–H and O–H groups in total. The number of alkyl halides is 3. The average Bonchev–Trinajstić information content (AvgIpc) is 2.55. The Balaban J connectivity index is 1.98. The molecule has 0 bridgehead atoms. The van der Waals surface area contributed by atoms with Gasteiger partial charge in [0.05, 0.1) is 10.5 Å². The number of rotatable bonds is 3. The first-order valence-electron chi connectivity index (χ1n) is 7.05. The van der Waals surface area contributed by atoms with Crippen LogP contribution in [-0.4, -0.2) is 8.42 Å². The number of fused-ring (bicyclic) bond motifs is 1. The fourth-order valence-corrected chi connectivity index (χ4v) is 3.44. The number of hydrogen-bond acceptors (Lipinski definition) is 2. The molecule has 3 rings (SSSR count). The van der Waals surface area contributed by atoms with Gasteiger partial charge in [-0.3, -0.25) is 4.72 Å². The molecular formula is C17H11F4NO2S. The van der Waals surface area contributed by atoms with Crippen molar-refractivity contribution < 1.29 is 26.0 Å². The number of anilines is 1. The lowest BCUT2D eigenvalue weighted by Crippen LogP contribution is -2.15. The lowest BCUT2D eigenvalue weighted by Gasteiger charge is -2.12. The average molecular weight is 369 g/mol. The van der Waals surface area contributed by atoms with Gasteiger partial charge < -0.3 is 0 Å². The Morgan fingerprint density at radius 1 is 0.840 bits per heavy atom. The lowest BCUT2D eigenvalue weighted by atomic mass is 10.1. The first-order chi connectivity index (χ1) is 11.7. The monoisotopic (exact) mass is 369 g/mol. The molecule has 3 aromatic carbocycles. The Bertz CT molecular complexity index is 1050. The summed E-state index contributed by atoms with van der Waals surface area (Å²) in [6.45, 7) is 0. The molecule has 0 saturated heterocycles. The highest BCUT2D eigenvalue weighted by Crippen LogP contribution is 2.33. The zero-order chi connectivity index (χ0) is 18.2. The van der Waals surface area contributed by atoms with Crippen molar-refractivity contribution in [1.82, 2.24) is 0 Å². The summed E-state index contributed by atoms with van der Waals surface area (Å²) in [5.74, 6) is -1.47. The van der Waals surface area contributed by atoms with Gasteiger partial charge in [-0.25, -0.2) is 12.8 Å². The molecule has 0 aliphatic heterocycles. The van der Waals surface area contributed by atoms with E-state index >= 15 is 0 Å². The van der Waals surface area contributed by atoms with E-state index < -0.39 is 27.6 Å². The number of hydrogen-bond donors (Lipinski definition) is 1. The highest BCUT2D eigenvalue weighted by molar-refractivity contribution is 7.92. The molecule has 130 valence electrons. The van der Waals surface area contributed by atoms with Crippen LogP contribution >= 0.6 is 0 Å². The van der Waals surface area contributed by atoms with Gasteiger partial charge >= 0.3 is 6.18 Å². The molecule has 0 radical (unpaired) electrons. The SMILES string of the molecule is O=S(=O)(Nc1ccc(F)c(C(F)(F)F)c1)c1ccc2ccccc2c1. The first-order valence-corrected chi connectivity index (χ1v) is 8.53. The van der Waals surface area contributed by atoms with E-state index in [-0.39, 0.29) is 10.6 Å². The summed E-state index contributed by atoms with van der Waals surface area (Å²) in [5.41, 5.74) is -1.91. The molecule has 0 saturated carbocycles. The fourth-order valence-electron chi connectivity index (χ4n) is 2.35. The topological polar surface area (TPSA) is 46.2 Å². The van der Waals surface area contributed by atoms with Crippen molar-refractivity contribution in [1.29, 1.82) is 0 Å². The van der Waals surface area contributed by atoms with Gasteiger partial charge in [-0.2, -0.15) is 13.2 Å². The van der Waals surface area contributed by atoms with E-state index in [1.807, 2.05) is 4.72 Å². The normalized spacial score (nSPS) is 12.3. The predicted molar refractivity (Wildman–Crippen MR) is 86.2 cm³/mol. The molecule has 0 heterocycles. The minimum absolute atomic E-state index is 0.107. The molecule has 0 aromatic heterocycles. The van der Waals surface area contributed by atoms with E-state index in [1.165, 1.54) is 12.1 Å². The second-order valence-electron chi connectivity index (χ2n) is 5.31. The highest BCUT2D eigenvalue weighted by Gasteiger charge is 2.34. The van der Waals surface area contributed by atoms with Crippen LogP contribution in [0, 0.1) is 5.82 Å². The molecule has 0 amide bonds. The number of nitrogens with one attached hydrogen (secondary N) is 1. The number of benzene rings is 3. The zero-order valence-electron chi connectivity index (χ0n) is 12.5. The van der Waals surface area contributed by atoms with Crippen molar-refractivity contribution in [2.45, 2.75) is 11.1 Å². The maximum atomic E-state index is 13.3. The quantitative estimate of drug-likeness (QED) is 0.674. The summed E-state index contributed by atoms with van der Waals surface area (Å²) in [5, 5.41) is 1.49. The summed E-state index contributed by atoms with van der Waals surface area (Å²) >= 11 is 0.